The summed E-state index contributed by atoms with van der Waals surface area (Å²) >= 11 is 1.31. The molecule has 0 radical (unpaired) electrons. The van der Waals surface area contributed by atoms with Crippen molar-refractivity contribution < 1.29 is 24.0 Å². The lowest BCUT2D eigenvalue weighted by Crippen LogP contribution is -2.62. The maximum absolute atomic E-state index is 12.9. The van der Waals surface area contributed by atoms with Gasteiger partial charge in [-0.2, -0.15) is 0 Å². The van der Waals surface area contributed by atoms with Gasteiger partial charge in [0.1, 0.15) is 11.1 Å². The van der Waals surface area contributed by atoms with Crippen LogP contribution in [0.4, 0.5) is 5.69 Å². The maximum atomic E-state index is 12.9. The summed E-state index contributed by atoms with van der Waals surface area (Å²) in [6.07, 6.45) is -0.335. The van der Waals surface area contributed by atoms with Crippen LogP contribution in [0.1, 0.15) is 33.3 Å². The molecule has 0 spiro atoms. The van der Waals surface area contributed by atoms with E-state index in [-0.39, 0.29) is 33.8 Å². The predicted molar refractivity (Wildman–Crippen MR) is 117 cm³/mol. The summed E-state index contributed by atoms with van der Waals surface area (Å²) in [7, 11) is -2.10. The molecule has 3 atom stereocenters. The topological polar surface area (TPSA) is 110 Å². The number of benzene rings is 1. The first kappa shape index (κ1) is 22.5. The summed E-state index contributed by atoms with van der Waals surface area (Å²) < 4.78 is 6.40. The number of carboxylic acid groups (broad SMARTS) is 1. The van der Waals surface area contributed by atoms with E-state index in [0.29, 0.717) is 10.5 Å². The fraction of sp³-hybridized carbons (Fsp3) is 0.500. The minimum atomic E-state index is -2.10. The first-order chi connectivity index (χ1) is 13.8. The van der Waals surface area contributed by atoms with Gasteiger partial charge in [0.2, 0.25) is 5.91 Å². The van der Waals surface area contributed by atoms with Crippen molar-refractivity contribution >= 4 is 42.5 Å². The van der Waals surface area contributed by atoms with Crippen LogP contribution in [0, 0.1) is 16.0 Å². The smallest absolute Gasteiger partial charge is 0.353 e. The molecule has 1 amide bonds. The summed E-state index contributed by atoms with van der Waals surface area (Å²) in [4.78, 5) is 37.0. The monoisotopic (exact) mass is 450 g/mol. The zero-order valence-electron chi connectivity index (χ0n) is 17.8. The number of hydrogen-bond donors (Lipinski definition) is 1. The minimum absolute atomic E-state index is 0.00898. The van der Waals surface area contributed by atoms with E-state index in [0.717, 1.165) is 0 Å². The van der Waals surface area contributed by atoms with E-state index in [9.17, 15) is 24.8 Å². The zero-order chi connectivity index (χ0) is 22.6. The van der Waals surface area contributed by atoms with Gasteiger partial charge in [0.15, 0.2) is 8.32 Å². The molecule has 30 heavy (non-hydrogen) atoms. The van der Waals surface area contributed by atoms with Crippen LogP contribution in [-0.4, -0.2) is 46.6 Å². The van der Waals surface area contributed by atoms with Crippen LogP contribution in [0.2, 0.25) is 18.1 Å². The number of nitrogens with zero attached hydrogens (tertiary/aromatic N) is 2. The molecule has 2 aliphatic heterocycles. The van der Waals surface area contributed by atoms with E-state index in [1.54, 1.807) is 0 Å². The molecular weight excluding hydrogens is 424 g/mol. The number of carbonyl (C=O) groups excluding carboxylic acids is 1. The molecule has 2 heterocycles. The molecule has 8 nitrogen and oxygen atoms in total. The molecule has 0 bridgehead atoms. The molecule has 1 fully saturated rings. The Balaban J connectivity index is 1.87. The molecule has 2 aliphatic rings. The van der Waals surface area contributed by atoms with E-state index in [2.05, 4.69) is 33.9 Å². The quantitative estimate of drug-likeness (QED) is 0.298. The van der Waals surface area contributed by atoms with Gasteiger partial charge < -0.3 is 9.53 Å². The third-order valence-corrected chi connectivity index (χ3v) is 12.1. The highest BCUT2D eigenvalue weighted by molar-refractivity contribution is 8.09. The zero-order valence-corrected chi connectivity index (χ0v) is 19.6. The fourth-order valence-electron chi connectivity index (χ4n) is 3.42. The average molecular weight is 451 g/mol. The number of nitro groups is 1. The van der Waals surface area contributed by atoms with Gasteiger partial charge in [-0.25, -0.2) is 4.79 Å². The Labute approximate surface area is 180 Å². The SMILES string of the molecule is C[C@@H](O[Si](C)(C)C(C)(C)C)[C@H]1C(=O)N2C(C(=O)O)=C(c3ccc([N+](=O)[O-])cc3)SC12. The predicted octanol–water partition coefficient (Wildman–Crippen LogP) is 4.29. The van der Waals surface area contributed by atoms with Gasteiger partial charge in [0.05, 0.1) is 16.9 Å². The van der Waals surface area contributed by atoms with Gasteiger partial charge in [0, 0.05) is 17.0 Å². The van der Waals surface area contributed by atoms with Crippen molar-refractivity contribution in [3.63, 3.8) is 0 Å². The first-order valence-electron chi connectivity index (χ1n) is 9.66. The molecule has 1 aromatic carbocycles. The van der Waals surface area contributed by atoms with Gasteiger partial charge >= 0.3 is 5.97 Å². The number of carbonyl (C=O) groups is 2. The van der Waals surface area contributed by atoms with Crippen molar-refractivity contribution in [2.24, 2.45) is 5.92 Å². The lowest BCUT2D eigenvalue weighted by molar-refractivity contribution is -0.384. The first-order valence-corrected chi connectivity index (χ1v) is 13.4. The van der Waals surface area contributed by atoms with Gasteiger partial charge in [0.25, 0.3) is 5.69 Å². The number of rotatable bonds is 6. The van der Waals surface area contributed by atoms with Gasteiger partial charge in [-0.15, -0.1) is 0 Å². The van der Waals surface area contributed by atoms with E-state index >= 15 is 0 Å². The second-order valence-corrected chi connectivity index (χ2v) is 15.0. The largest absolute Gasteiger partial charge is 0.477 e. The molecule has 0 aliphatic carbocycles. The van der Waals surface area contributed by atoms with E-state index in [1.807, 2.05) is 6.92 Å². The Morgan fingerprint density at radius 3 is 2.33 bits per heavy atom. The van der Waals surface area contributed by atoms with Gasteiger partial charge in [-0.1, -0.05) is 32.5 Å². The Morgan fingerprint density at radius 1 is 1.30 bits per heavy atom. The number of amides is 1. The number of carboxylic acids is 1. The van der Waals surface area contributed by atoms with Crippen LogP contribution in [0.15, 0.2) is 30.0 Å². The third-order valence-electron chi connectivity index (χ3n) is 6.11. The maximum Gasteiger partial charge on any atom is 0.353 e. The number of fused-ring (bicyclic) bond motifs is 1. The minimum Gasteiger partial charge on any atom is -0.477 e. The molecule has 10 heteroatoms. The van der Waals surface area contributed by atoms with Crippen molar-refractivity contribution in [2.45, 2.75) is 57.3 Å². The Bertz CT molecular complexity index is 938. The van der Waals surface area contributed by atoms with Crippen molar-refractivity contribution in [3.05, 3.63) is 45.6 Å². The lowest BCUT2D eigenvalue weighted by Gasteiger charge is -2.48. The van der Waals surface area contributed by atoms with Gasteiger partial charge in [-0.3, -0.25) is 19.8 Å². The van der Waals surface area contributed by atoms with Crippen LogP contribution in [-0.2, 0) is 14.0 Å². The number of hydrogen-bond acceptors (Lipinski definition) is 6. The molecule has 1 saturated heterocycles. The highest BCUT2D eigenvalue weighted by Gasteiger charge is 2.59. The van der Waals surface area contributed by atoms with Crippen LogP contribution in [0.5, 0.6) is 0 Å². The Kier molecular flexibility index (Phi) is 5.63. The number of non-ortho nitro benzene ring substituents is 1. The summed E-state index contributed by atoms with van der Waals surface area (Å²) in [5.74, 6) is -1.88. The normalized spacial score (nSPS) is 22.6. The molecule has 0 saturated carbocycles. The van der Waals surface area contributed by atoms with E-state index in [1.165, 1.54) is 40.9 Å². The van der Waals surface area contributed by atoms with Crippen molar-refractivity contribution in [1.82, 2.24) is 4.90 Å². The summed E-state index contributed by atoms with van der Waals surface area (Å²) in [5, 5.41) is 20.3. The highest BCUT2D eigenvalue weighted by atomic mass is 32.2. The molecule has 1 N–H and O–H groups in total. The summed E-state index contributed by atoms with van der Waals surface area (Å²) in [6, 6.07) is 5.70. The standard InChI is InChI=1S/C20H26N2O6SSi/c1-11(28-30(5,6)20(2,3)4)14-17(23)21-15(19(24)25)16(29-18(14)21)12-7-9-13(10-8-12)22(26)27/h7-11,14,18H,1-6H3,(H,24,25)/t11-,14+,18?/m1/s1. The Morgan fingerprint density at radius 2 is 1.87 bits per heavy atom. The van der Waals surface area contributed by atoms with Crippen LogP contribution in [0.25, 0.3) is 4.91 Å². The fourth-order valence-corrected chi connectivity index (χ4v) is 6.46. The molecule has 162 valence electrons. The van der Waals surface area contributed by atoms with E-state index < -0.39 is 25.1 Å². The van der Waals surface area contributed by atoms with Crippen molar-refractivity contribution in [3.8, 4) is 0 Å². The second-order valence-electron chi connectivity index (χ2n) is 9.11. The van der Waals surface area contributed by atoms with E-state index in [4.69, 9.17) is 4.43 Å². The molecule has 1 unspecified atom stereocenters. The van der Waals surface area contributed by atoms with Crippen molar-refractivity contribution in [2.75, 3.05) is 0 Å². The molecule has 3 rings (SSSR count). The number of nitro benzene ring substituents is 1. The summed E-state index contributed by atoms with van der Waals surface area (Å²) in [5.41, 5.74) is 0.398. The van der Waals surface area contributed by atoms with Gasteiger partial charge in [-0.05, 0) is 42.8 Å². The van der Waals surface area contributed by atoms with Crippen LogP contribution in [0.3, 0.4) is 0 Å². The molecule has 0 aromatic heterocycles. The lowest BCUT2D eigenvalue weighted by atomic mass is 9.92. The second kappa shape index (κ2) is 7.51. The van der Waals surface area contributed by atoms with Crippen LogP contribution < -0.4 is 0 Å². The Hall–Kier alpha value is -2.17. The molecular formula is C20H26N2O6SSi. The third kappa shape index (κ3) is 3.67. The van der Waals surface area contributed by atoms with Crippen molar-refractivity contribution in [1.29, 1.82) is 0 Å². The number of thioether (sulfide) groups is 1. The molecule has 1 aromatic rings. The number of aliphatic carboxylic acids is 1. The summed E-state index contributed by atoms with van der Waals surface area (Å²) in [6.45, 7) is 12.5. The van der Waals surface area contributed by atoms with Crippen LogP contribution >= 0.6 is 11.8 Å². The number of β-lactam (4-membered cyclic amide) rings is 1. The average Bonchev–Trinajstić information content (AvgIpc) is 2.95. The highest BCUT2D eigenvalue weighted by Crippen LogP contribution is 2.54.